The van der Waals surface area contributed by atoms with Crippen LogP contribution in [0.4, 0.5) is 0 Å². The van der Waals surface area contributed by atoms with Crippen LogP contribution in [0.5, 0.6) is 11.5 Å². The molecule has 1 atom stereocenters. The molecule has 6 nitrogen and oxygen atoms in total. The van der Waals surface area contributed by atoms with E-state index in [-0.39, 0.29) is 19.8 Å². The highest BCUT2D eigenvalue weighted by molar-refractivity contribution is 5.43. The summed E-state index contributed by atoms with van der Waals surface area (Å²) in [5.41, 5.74) is 1.07. The molecule has 0 saturated heterocycles. The number of allylic oxidation sites excluding steroid dienone is 1. The first kappa shape index (κ1) is 19.4. The van der Waals surface area contributed by atoms with Crippen LogP contribution < -0.4 is 9.47 Å². The second-order valence-electron chi connectivity index (χ2n) is 5.19. The van der Waals surface area contributed by atoms with Gasteiger partial charge in [0.25, 0.3) is 0 Å². The fourth-order valence-corrected chi connectivity index (χ4v) is 2.24. The van der Waals surface area contributed by atoms with Crippen molar-refractivity contribution in [2.45, 2.75) is 12.5 Å². The summed E-state index contributed by atoms with van der Waals surface area (Å²) in [6.45, 7) is 4.88. The van der Waals surface area contributed by atoms with Crippen molar-refractivity contribution in [2.75, 3.05) is 46.6 Å². The summed E-state index contributed by atoms with van der Waals surface area (Å²) in [5.74, 6) is 1.18. The van der Waals surface area contributed by atoms with Crippen molar-refractivity contribution in [3.05, 3.63) is 36.4 Å². The summed E-state index contributed by atoms with van der Waals surface area (Å²) in [6, 6.07) is 5.62. The van der Waals surface area contributed by atoms with Crippen LogP contribution in [0.15, 0.2) is 30.9 Å². The van der Waals surface area contributed by atoms with Gasteiger partial charge in [0, 0.05) is 19.6 Å². The lowest BCUT2D eigenvalue weighted by Gasteiger charge is -2.23. The Bertz CT molecular complexity index is 460. The molecule has 0 bridgehead atoms. The molecule has 0 radical (unpaired) electrons. The monoisotopic (exact) mass is 325 g/mol. The van der Waals surface area contributed by atoms with Gasteiger partial charge in [0.2, 0.25) is 0 Å². The lowest BCUT2D eigenvalue weighted by molar-refractivity contribution is 0.0545. The van der Waals surface area contributed by atoms with Gasteiger partial charge in [0.05, 0.1) is 20.3 Å². The van der Waals surface area contributed by atoms with Crippen LogP contribution in [0.25, 0.3) is 0 Å². The molecule has 130 valence electrons. The number of methoxy groups -OCH3 is 1. The highest BCUT2D eigenvalue weighted by atomic mass is 16.5. The summed E-state index contributed by atoms with van der Waals surface area (Å²) < 4.78 is 10.9. The third-order valence-corrected chi connectivity index (χ3v) is 3.34. The molecule has 6 heteroatoms. The number of benzene rings is 1. The van der Waals surface area contributed by atoms with Crippen molar-refractivity contribution >= 4 is 0 Å². The maximum Gasteiger partial charge on any atom is 0.161 e. The van der Waals surface area contributed by atoms with Crippen LogP contribution >= 0.6 is 0 Å². The van der Waals surface area contributed by atoms with Gasteiger partial charge in [-0.15, -0.1) is 6.58 Å². The summed E-state index contributed by atoms with van der Waals surface area (Å²) in [5, 5.41) is 28.0. The molecular formula is C17H27NO5. The fraction of sp³-hybridized carbons (Fsp3) is 0.529. The molecule has 1 rings (SSSR count). The van der Waals surface area contributed by atoms with E-state index in [1.54, 1.807) is 12.0 Å². The molecule has 0 amide bonds. The molecule has 0 saturated carbocycles. The molecule has 0 spiro atoms. The van der Waals surface area contributed by atoms with Crippen molar-refractivity contribution in [2.24, 2.45) is 0 Å². The first-order valence-corrected chi connectivity index (χ1v) is 7.67. The zero-order valence-corrected chi connectivity index (χ0v) is 13.6. The molecular weight excluding hydrogens is 298 g/mol. The quantitative estimate of drug-likeness (QED) is 0.484. The van der Waals surface area contributed by atoms with Gasteiger partial charge in [-0.05, 0) is 24.1 Å². The largest absolute Gasteiger partial charge is 0.493 e. The van der Waals surface area contributed by atoms with Gasteiger partial charge >= 0.3 is 0 Å². The van der Waals surface area contributed by atoms with E-state index in [1.165, 1.54) is 0 Å². The number of ether oxygens (including phenoxy) is 2. The van der Waals surface area contributed by atoms with E-state index >= 15 is 0 Å². The van der Waals surface area contributed by atoms with Crippen LogP contribution in [0, 0.1) is 0 Å². The first-order valence-electron chi connectivity index (χ1n) is 7.67. The Balaban J connectivity index is 2.57. The van der Waals surface area contributed by atoms with E-state index in [4.69, 9.17) is 19.7 Å². The highest BCUT2D eigenvalue weighted by Crippen LogP contribution is 2.28. The highest BCUT2D eigenvalue weighted by Gasteiger charge is 2.13. The van der Waals surface area contributed by atoms with E-state index in [2.05, 4.69) is 6.58 Å². The number of hydrogen-bond donors (Lipinski definition) is 3. The van der Waals surface area contributed by atoms with Gasteiger partial charge in [-0.2, -0.15) is 0 Å². The molecule has 0 aliphatic carbocycles. The van der Waals surface area contributed by atoms with Crippen molar-refractivity contribution < 1.29 is 24.8 Å². The second kappa shape index (κ2) is 11.0. The molecule has 0 fully saturated rings. The Morgan fingerprint density at radius 2 is 1.91 bits per heavy atom. The molecule has 23 heavy (non-hydrogen) atoms. The lowest BCUT2D eigenvalue weighted by atomic mass is 10.1. The van der Waals surface area contributed by atoms with Gasteiger partial charge in [-0.25, -0.2) is 0 Å². The summed E-state index contributed by atoms with van der Waals surface area (Å²) in [6.07, 6.45) is 1.83. The number of nitrogens with zero attached hydrogens (tertiary/aromatic N) is 1. The van der Waals surface area contributed by atoms with Gasteiger partial charge in [0.1, 0.15) is 12.7 Å². The van der Waals surface area contributed by atoms with Crippen LogP contribution in [-0.2, 0) is 6.42 Å². The Kier molecular flexibility index (Phi) is 9.31. The normalized spacial score (nSPS) is 12.2. The molecule has 1 aromatic carbocycles. The van der Waals surface area contributed by atoms with Crippen molar-refractivity contribution in [3.63, 3.8) is 0 Å². The summed E-state index contributed by atoms with van der Waals surface area (Å²) in [7, 11) is 1.57. The predicted octanol–water partition coefficient (Wildman–Crippen LogP) is 0.450. The van der Waals surface area contributed by atoms with Crippen LogP contribution in [0.1, 0.15) is 5.56 Å². The smallest absolute Gasteiger partial charge is 0.161 e. The Morgan fingerprint density at radius 3 is 2.48 bits per heavy atom. The lowest BCUT2D eigenvalue weighted by Crippen LogP contribution is -2.38. The second-order valence-corrected chi connectivity index (χ2v) is 5.19. The van der Waals surface area contributed by atoms with Crippen LogP contribution in [0.2, 0.25) is 0 Å². The van der Waals surface area contributed by atoms with Crippen molar-refractivity contribution in [1.82, 2.24) is 4.90 Å². The molecule has 0 heterocycles. The van der Waals surface area contributed by atoms with E-state index in [9.17, 15) is 5.11 Å². The Morgan fingerprint density at radius 1 is 1.22 bits per heavy atom. The molecule has 1 unspecified atom stereocenters. The zero-order valence-electron chi connectivity index (χ0n) is 13.6. The molecule has 3 N–H and O–H groups in total. The summed E-state index contributed by atoms with van der Waals surface area (Å²) in [4.78, 5) is 1.78. The molecule has 1 aromatic rings. The number of rotatable bonds is 12. The number of aliphatic hydroxyl groups excluding tert-OH is 3. The van der Waals surface area contributed by atoms with Gasteiger partial charge in [0.15, 0.2) is 11.5 Å². The fourth-order valence-electron chi connectivity index (χ4n) is 2.24. The zero-order chi connectivity index (χ0) is 17.1. The minimum Gasteiger partial charge on any atom is -0.493 e. The van der Waals surface area contributed by atoms with E-state index in [1.807, 2.05) is 24.3 Å². The van der Waals surface area contributed by atoms with E-state index < -0.39 is 6.10 Å². The van der Waals surface area contributed by atoms with Crippen LogP contribution in [0.3, 0.4) is 0 Å². The van der Waals surface area contributed by atoms with Crippen molar-refractivity contribution in [1.29, 1.82) is 0 Å². The number of aliphatic hydroxyl groups is 3. The molecule has 0 aromatic heterocycles. The minimum absolute atomic E-state index is 0.0217. The predicted molar refractivity (Wildman–Crippen MR) is 89.0 cm³/mol. The molecule has 0 aliphatic heterocycles. The third kappa shape index (κ3) is 7.00. The maximum absolute atomic E-state index is 10.1. The topological polar surface area (TPSA) is 82.4 Å². The SMILES string of the molecule is C=CCc1ccc(OCC(O)CN(CCO)CCO)c(OC)c1. The minimum atomic E-state index is -0.731. The van der Waals surface area contributed by atoms with E-state index in [0.29, 0.717) is 31.1 Å². The van der Waals surface area contributed by atoms with E-state index in [0.717, 1.165) is 12.0 Å². The van der Waals surface area contributed by atoms with Crippen LogP contribution in [-0.4, -0.2) is 72.9 Å². The number of hydrogen-bond acceptors (Lipinski definition) is 6. The van der Waals surface area contributed by atoms with Gasteiger partial charge in [-0.1, -0.05) is 12.1 Å². The Hall–Kier alpha value is -1.60. The standard InChI is InChI=1S/C17H27NO5/c1-3-4-14-5-6-16(17(11-14)22-2)23-13-15(21)12-18(7-9-19)8-10-20/h3,5-6,11,15,19-21H,1,4,7-10,12-13H2,2H3. The molecule has 0 aliphatic rings. The van der Waals surface area contributed by atoms with Gasteiger partial charge < -0.3 is 24.8 Å². The average molecular weight is 325 g/mol. The first-order chi connectivity index (χ1) is 11.1. The average Bonchev–Trinajstić information content (AvgIpc) is 2.54. The van der Waals surface area contributed by atoms with Gasteiger partial charge in [-0.3, -0.25) is 4.90 Å². The maximum atomic E-state index is 10.1. The Labute approximate surface area is 137 Å². The summed E-state index contributed by atoms with van der Waals surface area (Å²) >= 11 is 0. The van der Waals surface area contributed by atoms with Crippen molar-refractivity contribution in [3.8, 4) is 11.5 Å². The third-order valence-electron chi connectivity index (χ3n) is 3.34.